The van der Waals surface area contributed by atoms with Crippen LogP contribution in [-0.4, -0.2) is 40.8 Å². The maximum atomic E-state index is 13.8. The van der Waals surface area contributed by atoms with E-state index in [0.29, 0.717) is 24.3 Å². The lowest BCUT2D eigenvalue weighted by Gasteiger charge is -2.18. The van der Waals surface area contributed by atoms with Crippen molar-refractivity contribution in [1.82, 2.24) is 14.7 Å². The van der Waals surface area contributed by atoms with Gasteiger partial charge in [-0.05, 0) is 12.5 Å². The molecular weight excluding hydrogens is 297 g/mol. The summed E-state index contributed by atoms with van der Waals surface area (Å²) < 4.78 is 20.8. The average Bonchev–Trinajstić information content (AvgIpc) is 3.17. The molecule has 3 rings (SSSR count). The van der Waals surface area contributed by atoms with Gasteiger partial charge >= 0.3 is 0 Å². The van der Waals surface area contributed by atoms with Crippen LogP contribution in [0.4, 0.5) is 4.39 Å². The van der Waals surface area contributed by atoms with E-state index in [1.54, 1.807) is 43.2 Å². The Labute approximate surface area is 134 Å². The molecule has 1 atom stereocenters. The molecule has 0 bridgehead atoms. The smallest absolute Gasteiger partial charge is 0.257 e. The number of hydrogen-bond acceptors (Lipinski definition) is 3. The van der Waals surface area contributed by atoms with E-state index >= 15 is 0 Å². The van der Waals surface area contributed by atoms with Gasteiger partial charge in [-0.3, -0.25) is 9.48 Å². The van der Waals surface area contributed by atoms with Crippen molar-refractivity contribution in [2.75, 3.05) is 20.3 Å². The van der Waals surface area contributed by atoms with Gasteiger partial charge in [0.05, 0.1) is 17.9 Å². The zero-order chi connectivity index (χ0) is 16.4. The van der Waals surface area contributed by atoms with Crippen LogP contribution in [0.15, 0.2) is 30.5 Å². The molecule has 122 valence electrons. The van der Waals surface area contributed by atoms with Crippen molar-refractivity contribution in [3.05, 3.63) is 53.1 Å². The number of rotatable bonds is 4. The lowest BCUT2D eigenvalue weighted by molar-refractivity contribution is 0.0782. The van der Waals surface area contributed by atoms with Gasteiger partial charge in [-0.25, -0.2) is 4.39 Å². The lowest BCUT2D eigenvalue weighted by Crippen LogP contribution is -2.27. The van der Waals surface area contributed by atoms with E-state index < -0.39 is 0 Å². The first-order valence-electron chi connectivity index (χ1n) is 7.66. The largest absolute Gasteiger partial charge is 0.381 e. The van der Waals surface area contributed by atoms with Crippen molar-refractivity contribution in [3.63, 3.8) is 0 Å². The molecule has 1 aromatic heterocycles. The van der Waals surface area contributed by atoms with Gasteiger partial charge in [0.15, 0.2) is 0 Å². The van der Waals surface area contributed by atoms with Crippen LogP contribution in [0.25, 0.3) is 0 Å². The van der Waals surface area contributed by atoms with E-state index in [4.69, 9.17) is 4.74 Å². The quantitative estimate of drug-likeness (QED) is 0.869. The number of benzene rings is 1. The molecule has 0 unspecified atom stereocenters. The van der Waals surface area contributed by atoms with Crippen LogP contribution >= 0.6 is 0 Å². The van der Waals surface area contributed by atoms with Crippen LogP contribution in [0.3, 0.4) is 0 Å². The standard InChI is InChI=1S/C17H20FN3O2/c1-20(9-12-5-3-4-6-15(12)18)17(22)14-10-21(2)19-16(14)13-7-8-23-11-13/h3-6,10,13H,7-9,11H2,1-2H3/t13-/m0/s1. The minimum Gasteiger partial charge on any atom is -0.381 e. The number of amides is 1. The van der Waals surface area contributed by atoms with Gasteiger partial charge in [0.25, 0.3) is 5.91 Å². The summed E-state index contributed by atoms with van der Waals surface area (Å²) in [5, 5.41) is 4.44. The van der Waals surface area contributed by atoms with E-state index in [9.17, 15) is 9.18 Å². The summed E-state index contributed by atoms with van der Waals surface area (Å²) in [6, 6.07) is 6.50. The summed E-state index contributed by atoms with van der Waals surface area (Å²) in [6.07, 6.45) is 2.60. The minimum atomic E-state index is -0.303. The van der Waals surface area contributed by atoms with Crippen LogP contribution in [0, 0.1) is 5.82 Å². The number of carbonyl (C=O) groups is 1. The number of aromatic nitrogens is 2. The Morgan fingerprint density at radius 2 is 2.26 bits per heavy atom. The summed E-state index contributed by atoms with van der Waals surface area (Å²) in [4.78, 5) is 14.3. The van der Waals surface area contributed by atoms with Gasteiger partial charge in [-0.2, -0.15) is 5.10 Å². The molecule has 0 radical (unpaired) electrons. The molecule has 2 aromatic rings. The molecule has 23 heavy (non-hydrogen) atoms. The third-order valence-electron chi connectivity index (χ3n) is 4.12. The van der Waals surface area contributed by atoms with Crippen molar-refractivity contribution in [1.29, 1.82) is 0 Å². The van der Waals surface area contributed by atoms with Crippen LogP contribution < -0.4 is 0 Å². The molecule has 1 aromatic carbocycles. The third kappa shape index (κ3) is 3.27. The Morgan fingerprint density at radius 3 is 2.96 bits per heavy atom. The fourth-order valence-electron chi connectivity index (χ4n) is 2.88. The average molecular weight is 317 g/mol. The van der Waals surface area contributed by atoms with Crippen LogP contribution in [0.2, 0.25) is 0 Å². The summed E-state index contributed by atoms with van der Waals surface area (Å²) in [5.74, 6) is -0.303. The molecule has 1 aliphatic rings. The topological polar surface area (TPSA) is 47.4 Å². The van der Waals surface area contributed by atoms with E-state index in [0.717, 1.165) is 12.1 Å². The molecule has 1 saturated heterocycles. The first-order chi connectivity index (χ1) is 11.1. The Bertz CT molecular complexity index is 708. The molecule has 0 saturated carbocycles. The predicted molar refractivity (Wildman–Crippen MR) is 83.6 cm³/mol. The highest BCUT2D eigenvalue weighted by atomic mass is 19.1. The maximum Gasteiger partial charge on any atom is 0.257 e. The molecule has 0 aliphatic carbocycles. The summed E-state index contributed by atoms with van der Waals surface area (Å²) in [6.45, 7) is 1.51. The highest BCUT2D eigenvalue weighted by Gasteiger charge is 2.28. The molecule has 0 spiro atoms. The predicted octanol–water partition coefficient (Wildman–Crippen LogP) is 2.34. The van der Waals surface area contributed by atoms with Gasteiger partial charge < -0.3 is 9.64 Å². The second-order valence-electron chi connectivity index (χ2n) is 5.91. The monoisotopic (exact) mass is 317 g/mol. The van der Waals surface area contributed by atoms with Gasteiger partial charge in [-0.15, -0.1) is 0 Å². The van der Waals surface area contributed by atoms with Gasteiger partial charge in [0, 0.05) is 44.9 Å². The molecule has 5 nitrogen and oxygen atoms in total. The van der Waals surface area contributed by atoms with E-state index in [2.05, 4.69) is 5.10 Å². The van der Waals surface area contributed by atoms with Crippen molar-refractivity contribution in [2.45, 2.75) is 18.9 Å². The van der Waals surface area contributed by atoms with Gasteiger partial charge in [0.2, 0.25) is 0 Å². The van der Waals surface area contributed by atoms with Crippen molar-refractivity contribution < 1.29 is 13.9 Å². The van der Waals surface area contributed by atoms with Crippen LogP contribution in [0.5, 0.6) is 0 Å². The first kappa shape index (κ1) is 15.7. The van der Waals surface area contributed by atoms with Crippen LogP contribution in [-0.2, 0) is 18.3 Å². The molecule has 1 amide bonds. The fourth-order valence-corrected chi connectivity index (χ4v) is 2.88. The summed E-state index contributed by atoms with van der Waals surface area (Å²) in [7, 11) is 3.48. The molecule has 6 heteroatoms. The molecule has 0 N–H and O–H groups in total. The second kappa shape index (κ2) is 6.50. The summed E-state index contributed by atoms with van der Waals surface area (Å²) >= 11 is 0. The zero-order valence-electron chi connectivity index (χ0n) is 13.3. The Morgan fingerprint density at radius 1 is 1.48 bits per heavy atom. The van der Waals surface area contributed by atoms with E-state index in [1.807, 2.05) is 0 Å². The van der Waals surface area contributed by atoms with Gasteiger partial charge in [-0.1, -0.05) is 18.2 Å². The third-order valence-corrected chi connectivity index (χ3v) is 4.12. The van der Waals surface area contributed by atoms with Crippen molar-refractivity contribution in [2.24, 2.45) is 7.05 Å². The lowest BCUT2D eigenvalue weighted by atomic mass is 10.0. The molecule has 1 fully saturated rings. The van der Waals surface area contributed by atoms with Gasteiger partial charge in [0.1, 0.15) is 5.82 Å². The zero-order valence-corrected chi connectivity index (χ0v) is 13.3. The Hall–Kier alpha value is -2.21. The molecule has 2 heterocycles. The SMILES string of the molecule is CN(Cc1ccccc1F)C(=O)c1cn(C)nc1[C@H]1CCOC1. The van der Waals surface area contributed by atoms with E-state index in [1.165, 1.54) is 11.0 Å². The Kier molecular flexibility index (Phi) is 4.43. The number of halogens is 1. The summed E-state index contributed by atoms with van der Waals surface area (Å²) in [5.41, 5.74) is 1.84. The number of aryl methyl sites for hydroxylation is 1. The number of carbonyl (C=O) groups excluding carboxylic acids is 1. The number of nitrogens with zero attached hydrogens (tertiary/aromatic N) is 3. The molecular formula is C17H20FN3O2. The first-order valence-corrected chi connectivity index (χ1v) is 7.66. The highest BCUT2D eigenvalue weighted by Crippen LogP contribution is 2.27. The van der Waals surface area contributed by atoms with Crippen LogP contribution in [0.1, 0.15) is 34.0 Å². The molecule has 1 aliphatic heterocycles. The minimum absolute atomic E-state index is 0.150. The van der Waals surface area contributed by atoms with Crippen molar-refractivity contribution >= 4 is 5.91 Å². The van der Waals surface area contributed by atoms with Crippen molar-refractivity contribution in [3.8, 4) is 0 Å². The highest BCUT2D eigenvalue weighted by molar-refractivity contribution is 5.95. The Balaban J connectivity index is 1.81. The fraction of sp³-hybridized carbons (Fsp3) is 0.412. The normalized spacial score (nSPS) is 17.4. The second-order valence-corrected chi connectivity index (χ2v) is 5.91. The maximum absolute atomic E-state index is 13.8. The number of hydrogen-bond donors (Lipinski definition) is 0. The van der Waals surface area contributed by atoms with E-state index in [-0.39, 0.29) is 24.2 Å². The number of ether oxygens (including phenoxy) is 1.